The summed E-state index contributed by atoms with van der Waals surface area (Å²) in [6, 6.07) is 5.70. The van der Waals surface area contributed by atoms with Gasteiger partial charge < -0.3 is 15.3 Å². The Kier molecular flexibility index (Phi) is 4.82. The first-order chi connectivity index (χ1) is 9.10. The van der Waals surface area contributed by atoms with Crippen molar-refractivity contribution >= 4 is 27.6 Å². The lowest BCUT2D eigenvalue weighted by atomic mass is 9.99. The third-order valence-electron chi connectivity index (χ3n) is 3.49. The topological polar surface area (TPSA) is 52.6 Å². The molecule has 0 saturated carbocycles. The molecule has 4 nitrogen and oxygen atoms in total. The maximum Gasteiger partial charge on any atom is 0.321 e. The highest BCUT2D eigenvalue weighted by Gasteiger charge is 2.23. The van der Waals surface area contributed by atoms with Gasteiger partial charge in [-0.15, -0.1) is 0 Å². The highest BCUT2D eigenvalue weighted by atomic mass is 79.9. The van der Waals surface area contributed by atoms with Crippen LogP contribution in [-0.2, 0) is 0 Å². The van der Waals surface area contributed by atoms with Crippen molar-refractivity contribution in [2.24, 2.45) is 5.92 Å². The van der Waals surface area contributed by atoms with Gasteiger partial charge in [0.2, 0.25) is 0 Å². The van der Waals surface area contributed by atoms with Gasteiger partial charge in [-0.05, 0) is 49.4 Å². The molecule has 1 saturated heterocycles. The number of urea groups is 1. The van der Waals surface area contributed by atoms with E-state index in [1.54, 1.807) is 4.90 Å². The molecular weight excluding hydrogens is 308 g/mol. The van der Waals surface area contributed by atoms with E-state index in [4.69, 9.17) is 0 Å². The summed E-state index contributed by atoms with van der Waals surface area (Å²) < 4.78 is 1.00. The van der Waals surface area contributed by atoms with Gasteiger partial charge in [0, 0.05) is 29.9 Å². The number of anilines is 1. The predicted octanol–water partition coefficient (Wildman–Crippen LogP) is 2.99. The van der Waals surface area contributed by atoms with E-state index in [1.165, 1.54) is 0 Å². The van der Waals surface area contributed by atoms with Crippen molar-refractivity contribution in [3.05, 3.63) is 28.2 Å². The molecule has 0 bridgehead atoms. The SMILES string of the molecule is Cc1cc(Br)ccc1NC(=O)N1CCCC(CO)C1. The fraction of sp³-hybridized carbons (Fsp3) is 0.500. The van der Waals surface area contributed by atoms with Crippen LogP contribution in [0, 0.1) is 12.8 Å². The second-order valence-electron chi connectivity index (χ2n) is 5.03. The van der Waals surface area contributed by atoms with Crippen LogP contribution in [0.2, 0.25) is 0 Å². The fourth-order valence-electron chi connectivity index (χ4n) is 2.36. The highest BCUT2D eigenvalue weighted by molar-refractivity contribution is 9.10. The number of likely N-dealkylation sites (tertiary alicyclic amines) is 1. The van der Waals surface area contributed by atoms with Crippen LogP contribution < -0.4 is 5.32 Å². The summed E-state index contributed by atoms with van der Waals surface area (Å²) in [4.78, 5) is 14.0. The molecule has 2 amide bonds. The number of amides is 2. The monoisotopic (exact) mass is 326 g/mol. The molecule has 0 spiro atoms. The van der Waals surface area contributed by atoms with Crippen LogP contribution in [0.5, 0.6) is 0 Å². The predicted molar refractivity (Wildman–Crippen MR) is 79.3 cm³/mol. The Morgan fingerprint density at radius 1 is 1.58 bits per heavy atom. The van der Waals surface area contributed by atoms with Gasteiger partial charge in [-0.2, -0.15) is 0 Å². The van der Waals surface area contributed by atoms with E-state index in [0.29, 0.717) is 6.54 Å². The number of aliphatic hydroxyl groups is 1. The van der Waals surface area contributed by atoms with E-state index in [2.05, 4.69) is 21.2 Å². The number of rotatable bonds is 2. The third-order valence-corrected chi connectivity index (χ3v) is 3.99. The Hall–Kier alpha value is -1.07. The van der Waals surface area contributed by atoms with Crippen molar-refractivity contribution in [1.82, 2.24) is 4.90 Å². The molecule has 5 heteroatoms. The quantitative estimate of drug-likeness (QED) is 0.877. The molecule has 1 fully saturated rings. The molecule has 19 heavy (non-hydrogen) atoms. The summed E-state index contributed by atoms with van der Waals surface area (Å²) in [5.41, 5.74) is 1.86. The van der Waals surface area contributed by atoms with Crippen LogP contribution in [0.4, 0.5) is 10.5 Å². The fourth-order valence-corrected chi connectivity index (χ4v) is 2.84. The maximum atomic E-state index is 12.2. The highest BCUT2D eigenvalue weighted by Crippen LogP contribution is 2.22. The first-order valence-electron chi connectivity index (χ1n) is 6.53. The number of carbonyl (C=O) groups excluding carboxylic acids is 1. The lowest BCUT2D eigenvalue weighted by Crippen LogP contribution is -2.43. The minimum atomic E-state index is -0.0800. The van der Waals surface area contributed by atoms with Gasteiger partial charge in [-0.3, -0.25) is 0 Å². The molecule has 2 N–H and O–H groups in total. The van der Waals surface area contributed by atoms with E-state index < -0.39 is 0 Å². The van der Waals surface area contributed by atoms with E-state index in [0.717, 1.165) is 35.1 Å². The zero-order valence-electron chi connectivity index (χ0n) is 11.0. The second-order valence-corrected chi connectivity index (χ2v) is 5.94. The van der Waals surface area contributed by atoms with Gasteiger partial charge in [-0.1, -0.05) is 15.9 Å². The normalized spacial score (nSPS) is 19.3. The number of carbonyl (C=O) groups is 1. The Bertz CT molecular complexity index is 465. The molecule has 1 heterocycles. The maximum absolute atomic E-state index is 12.2. The van der Waals surface area contributed by atoms with Crippen LogP contribution in [0.1, 0.15) is 18.4 Å². The van der Waals surface area contributed by atoms with Gasteiger partial charge in [-0.25, -0.2) is 4.79 Å². The summed E-state index contributed by atoms with van der Waals surface area (Å²) in [5, 5.41) is 12.1. The smallest absolute Gasteiger partial charge is 0.321 e. The van der Waals surface area contributed by atoms with Crippen molar-refractivity contribution in [3.8, 4) is 0 Å². The first-order valence-corrected chi connectivity index (χ1v) is 7.32. The Morgan fingerprint density at radius 3 is 3.05 bits per heavy atom. The average molecular weight is 327 g/mol. The lowest BCUT2D eigenvalue weighted by Gasteiger charge is -2.32. The second kappa shape index (κ2) is 6.39. The van der Waals surface area contributed by atoms with Crippen molar-refractivity contribution < 1.29 is 9.90 Å². The molecule has 1 aliphatic heterocycles. The number of aryl methyl sites for hydroxylation is 1. The number of nitrogens with zero attached hydrogens (tertiary/aromatic N) is 1. The number of hydrogen-bond acceptors (Lipinski definition) is 2. The Morgan fingerprint density at radius 2 is 2.37 bits per heavy atom. The minimum Gasteiger partial charge on any atom is -0.396 e. The van der Waals surface area contributed by atoms with E-state index in [1.807, 2.05) is 25.1 Å². The standard InChI is InChI=1S/C14H19BrN2O2/c1-10-7-12(15)4-5-13(10)16-14(19)17-6-2-3-11(8-17)9-18/h4-5,7,11,18H,2-3,6,8-9H2,1H3,(H,16,19). The number of aliphatic hydroxyl groups excluding tert-OH is 1. The van der Waals surface area contributed by atoms with Crippen molar-refractivity contribution in [2.75, 3.05) is 25.0 Å². The van der Waals surface area contributed by atoms with E-state index in [-0.39, 0.29) is 18.6 Å². The van der Waals surface area contributed by atoms with Crippen LogP contribution in [0.15, 0.2) is 22.7 Å². The summed E-state index contributed by atoms with van der Waals surface area (Å²) in [6.45, 7) is 3.52. The average Bonchev–Trinajstić information content (AvgIpc) is 2.42. The van der Waals surface area contributed by atoms with Crippen LogP contribution in [0.25, 0.3) is 0 Å². The summed E-state index contributed by atoms with van der Waals surface area (Å²) in [5.74, 6) is 0.213. The third kappa shape index (κ3) is 3.70. The van der Waals surface area contributed by atoms with Gasteiger partial charge in [0.1, 0.15) is 0 Å². The largest absolute Gasteiger partial charge is 0.396 e. The molecule has 1 aromatic rings. The van der Waals surface area contributed by atoms with Crippen LogP contribution >= 0.6 is 15.9 Å². The van der Waals surface area contributed by atoms with E-state index in [9.17, 15) is 9.90 Å². The minimum absolute atomic E-state index is 0.0800. The summed E-state index contributed by atoms with van der Waals surface area (Å²) in [7, 11) is 0. The van der Waals surface area contributed by atoms with Gasteiger partial charge in [0.25, 0.3) is 0 Å². The lowest BCUT2D eigenvalue weighted by molar-refractivity contribution is 0.136. The zero-order chi connectivity index (χ0) is 13.8. The molecule has 104 valence electrons. The summed E-state index contributed by atoms with van der Waals surface area (Å²) >= 11 is 3.41. The Labute approximate surface area is 121 Å². The molecule has 1 aliphatic rings. The van der Waals surface area contributed by atoms with Crippen LogP contribution in [0.3, 0.4) is 0 Å². The molecule has 0 radical (unpaired) electrons. The number of piperidine rings is 1. The molecule has 0 aliphatic carbocycles. The van der Waals surface area contributed by atoms with Crippen molar-refractivity contribution in [1.29, 1.82) is 0 Å². The number of benzene rings is 1. The number of halogens is 1. The number of hydrogen-bond donors (Lipinski definition) is 2. The van der Waals surface area contributed by atoms with Crippen molar-refractivity contribution in [3.63, 3.8) is 0 Å². The Balaban J connectivity index is 2.00. The van der Waals surface area contributed by atoms with Crippen LogP contribution in [-0.4, -0.2) is 35.7 Å². The van der Waals surface area contributed by atoms with Gasteiger partial charge in [0.05, 0.1) is 0 Å². The zero-order valence-corrected chi connectivity index (χ0v) is 12.6. The molecule has 1 aromatic carbocycles. The number of nitrogens with one attached hydrogen (secondary N) is 1. The molecular formula is C14H19BrN2O2. The first kappa shape index (κ1) is 14.3. The molecule has 1 atom stereocenters. The van der Waals surface area contributed by atoms with Gasteiger partial charge >= 0.3 is 6.03 Å². The van der Waals surface area contributed by atoms with Crippen molar-refractivity contribution in [2.45, 2.75) is 19.8 Å². The van der Waals surface area contributed by atoms with Gasteiger partial charge in [0.15, 0.2) is 0 Å². The van der Waals surface area contributed by atoms with E-state index >= 15 is 0 Å². The molecule has 0 aromatic heterocycles. The molecule has 1 unspecified atom stereocenters. The molecule has 2 rings (SSSR count). The summed E-state index contributed by atoms with van der Waals surface area (Å²) in [6.07, 6.45) is 1.95.